The van der Waals surface area contributed by atoms with Crippen LogP contribution in [0.4, 0.5) is 0 Å². The molecule has 0 amide bonds. The maximum Gasteiger partial charge on any atom is 0.168 e. The standard InChI is InChI=1S/C44H82NO2.HI/c1-6-8-10-12-14-16-18-20-22-24-26-28-30-32-34-36-39-44(46-42-43(47-44)38-41-45(3,4)5)40-37-35-33-31-29-27-25-23-21-19-17-15-13-11-9-7-2;/h14-17,20-23,43H,6-13,18-19,24-42H2,1-5H3;1H/q+1;/p-1/b16-14-,17-15+,22-20-,23-21+;. The van der Waals surface area contributed by atoms with Crippen LogP contribution < -0.4 is 24.0 Å². The van der Waals surface area contributed by atoms with Gasteiger partial charge in [-0.3, -0.25) is 0 Å². The average Bonchev–Trinajstić information content (AvgIpc) is 3.46. The fraction of sp³-hybridized carbons (Fsp3) is 0.818. The van der Waals surface area contributed by atoms with Crippen LogP contribution in [0.15, 0.2) is 48.6 Å². The zero-order valence-electron chi connectivity index (χ0n) is 32.8. The monoisotopic (exact) mass is 784 g/mol. The molecule has 0 N–H and O–H groups in total. The minimum Gasteiger partial charge on any atom is -1.00 e. The van der Waals surface area contributed by atoms with Gasteiger partial charge in [0.25, 0.3) is 0 Å². The lowest BCUT2D eigenvalue weighted by Gasteiger charge is -2.29. The highest BCUT2D eigenvalue weighted by molar-refractivity contribution is 4.93. The predicted molar refractivity (Wildman–Crippen MR) is 209 cm³/mol. The summed E-state index contributed by atoms with van der Waals surface area (Å²) < 4.78 is 14.2. The van der Waals surface area contributed by atoms with E-state index in [0.717, 1.165) is 49.7 Å². The van der Waals surface area contributed by atoms with Gasteiger partial charge in [-0.05, 0) is 77.0 Å². The Bertz CT molecular complexity index is 748. The zero-order valence-corrected chi connectivity index (χ0v) is 35.0. The maximum absolute atomic E-state index is 6.74. The van der Waals surface area contributed by atoms with Crippen LogP contribution in [-0.2, 0) is 9.47 Å². The molecule has 3 nitrogen and oxygen atoms in total. The third kappa shape index (κ3) is 30.4. The molecule has 2 unspecified atom stereocenters. The van der Waals surface area contributed by atoms with Crippen molar-refractivity contribution >= 4 is 0 Å². The van der Waals surface area contributed by atoms with Crippen LogP contribution in [0.5, 0.6) is 0 Å². The van der Waals surface area contributed by atoms with Gasteiger partial charge < -0.3 is 37.9 Å². The molecule has 0 bridgehead atoms. The number of unbranched alkanes of at least 4 members (excludes halogenated alkanes) is 18. The smallest absolute Gasteiger partial charge is 0.168 e. The van der Waals surface area contributed by atoms with Gasteiger partial charge in [0.1, 0.15) is 0 Å². The summed E-state index contributed by atoms with van der Waals surface area (Å²) in [5.74, 6) is -0.319. The minimum absolute atomic E-state index is 0. The summed E-state index contributed by atoms with van der Waals surface area (Å²) >= 11 is 0. The van der Waals surface area contributed by atoms with E-state index in [1.165, 1.54) is 141 Å². The summed E-state index contributed by atoms with van der Waals surface area (Å²) in [7, 11) is 6.83. The van der Waals surface area contributed by atoms with Crippen molar-refractivity contribution in [2.45, 2.75) is 199 Å². The van der Waals surface area contributed by atoms with Gasteiger partial charge in [-0.15, -0.1) is 0 Å². The second-order valence-electron chi connectivity index (χ2n) is 15.4. The Kier molecular flexibility index (Phi) is 33.4. The van der Waals surface area contributed by atoms with Crippen molar-refractivity contribution in [3.63, 3.8) is 0 Å². The van der Waals surface area contributed by atoms with Gasteiger partial charge in [0.15, 0.2) is 5.79 Å². The van der Waals surface area contributed by atoms with Crippen LogP contribution in [0.25, 0.3) is 0 Å². The average molecular weight is 784 g/mol. The number of rotatable bonds is 33. The minimum atomic E-state index is -0.319. The lowest BCUT2D eigenvalue weighted by atomic mass is 9.98. The predicted octanol–water partition coefficient (Wildman–Crippen LogP) is 10.6. The van der Waals surface area contributed by atoms with E-state index in [9.17, 15) is 0 Å². The lowest BCUT2D eigenvalue weighted by Crippen LogP contribution is -3.00. The van der Waals surface area contributed by atoms with Gasteiger partial charge in [-0.25, -0.2) is 0 Å². The first-order valence-corrected chi connectivity index (χ1v) is 20.6. The van der Waals surface area contributed by atoms with Crippen LogP contribution in [0.2, 0.25) is 0 Å². The number of halogens is 1. The molecule has 282 valence electrons. The van der Waals surface area contributed by atoms with E-state index in [0.29, 0.717) is 0 Å². The number of ether oxygens (including phenoxy) is 2. The number of quaternary nitrogens is 1. The maximum atomic E-state index is 6.74. The molecule has 1 saturated heterocycles. The Hall–Kier alpha value is -0.430. The van der Waals surface area contributed by atoms with Crippen LogP contribution >= 0.6 is 0 Å². The summed E-state index contributed by atoms with van der Waals surface area (Å²) in [4.78, 5) is 0. The Morgan fingerprint density at radius 1 is 0.521 bits per heavy atom. The number of hydrogen-bond donors (Lipinski definition) is 0. The molecule has 1 aliphatic heterocycles. The molecule has 0 aromatic rings. The number of nitrogens with zero attached hydrogens (tertiary/aromatic N) is 1. The Morgan fingerprint density at radius 2 is 0.896 bits per heavy atom. The topological polar surface area (TPSA) is 18.5 Å². The molecule has 0 aromatic carbocycles. The second-order valence-corrected chi connectivity index (χ2v) is 15.4. The molecule has 0 saturated carbocycles. The molecule has 0 radical (unpaired) electrons. The highest BCUT2D eigenvalue weighted by Crippen LogP contribution is 2.35. The largest absolute Gasteiger partial charge is 1.00 e. The first-order chi connectivity index (χ1) is 22.9. The summed E-state index contributed by atoms with van der Waals surface area (Å²) in [5.41, 5.74) is 0. The van der Waals surface area contributed by atoms with Crippen molar-refractivity contribution in [2.24, 2.45) is 0 Å². The first kappa shape index (κ1) is 47.6. The molecule has 1 rings (SSSR count). The zero-order chi connectivity index (χ0) is 34.2. The summed E-state index contributed by atoms with van der Waals surface area (Å²) in [6.45, 7) is 6.46. The van der Waals surface area contributed by atoms with E-state index >= 15 is 0 Å². The van der Waals surface area contributed by atoms with Crippen LogP contribution in [0, 0.1) is 0 Å². The Morgan fingerprint density at radius 3 is 1.29 bits per heavy atom. The molecule has 0 aromatic heterocycles. The van der Waals surface area contributed by atoms with Gasteiger partial charge in [0.2, 0.25) is 0 Å². The van der Waals surface area contributed by atoms with Crippen molar-refractivity contribution in [1.29, 1.82) is 0 Å². The van der Waals surface area contributed by atoms with Crippen LogP contribution in [0.3, 0.4) is 0 Å². The number of allylic oxidation sites excluding steroid dienone is 8. The van der Waals surface area contributed by atoms with E-state index in [2.05, 4.69) is 83.6 Å². The highest BCUT2D eigenvalue weighted by atomic mass is 127. The molecule has 1 heterocycles. The molecule has 2 atom stereocenters. The quantitative estimate of drug-likeness (QED) is 0.0286. The van der Waals surface area contributed by atoms with Crippen LogP contribution in [-0.4, -0.2) is 50.7 Å². The van der Waals surface area contributed by atoms with Gasteiger partial charge >= 0.3 is 0 Å². The third-order valence-electron chi connectivity index (χ3n) is 9.55. The highest BCUT2D eigenvalue weighted by Gasteiger charge is 2.40. The van der Waals surface area contributed by atoms with Gasteiger partial charge in [0.05, 0.1) is 40.4 Å². The third-order valence-corrected chi connectivity index (χ3v) is 9.55. The molecule has 1 fully saturated rings. The van der Waals surface area contributed by atoms with E-state index in [1.54, 1.807) is 0 Å². The normalized spacial score (nSPS) is 18.7. The molecule has 0 aliphatic carbocycles. The molecule has 0 spiro atoms. The van der Waals surface area contributed by atoms with Gasteiger partial charge in [-0.2, -0.15) is 0 Å². The van der Waals surface area contributed by atoms with Crippen molar-refractivity contribution < 1.29 is 37.9 Å². The molecule has 48 heavy (non-hydrogen) atoms. The van der Waals surface area contributed by atoms with E-state index in [1.807, 2.05) is 0 Å². The SMILES string of the molecule is CCCCC/C=C\C/C=C\CCCCCCCCC1(CCCCCCCC/C=C/C/C=C/CCCCC)OCC(CC[N+](C)(C)C)O1.[I-]. The summed E-state index contributed by atoms with van der Waals surface area (Å²) in [6.07, 6.45) is 53.4. The van der Waals surface area contributed by atoms with Crippen molar-refractivity contribution in [3.05, 3.63) is 48.6 Å². The number of hydrogen-bond acceptors (Lipinski definition) is 2. The summed E-state index contributed by atoms with van der Waals surface area (Å²) in [6, 6.07) is 0. The van der Waals surface area contributed by atoms with Gasteiger partial charge in [0, 0.05) is 19.3 Å². The van der Waals surface area contributed by atoms with Crippen molar-refractivity contribution in [1.82, 2.24) is 0 Å². The van der Waals surface area contributed by atoms with E-state index in [4.69, 9.17) is 9.47 Å². The Labute approximate surface area is 318 Å². The van der Waals surface area contributed by atoms with Crippen molar-refractivity contribution in [3.8, 4) is 0 Å². The fourth-order valence-electron chi connectivity index (χ4n) is 6.44. The molecular formula is C44H82INO2. The van der Waals surface area contributed by atoms with Gasteiger partial charge in [-0.1, -0.05) is 140 Å². The summed E-state index contributed by atoms with van der Waals surface area (Å²) in [5, 5.41) is 0. The second kappa shape index (κ2) is 33.7. The van der Waals surface area contributed by atoms with Crippen LogP contribution in [0.1, 0.15) is 187 Å². The fourth-order valence-corrected chi connectivity index (χ4v) is 6.44. The molecule has 1 aliphatic rings. The van der Waals surface area contributed by atoms with E-state index < -0.39 is 0 Å². The van der Waals surface area contributed by atoms with Crippen molar-refractivity contribution in [2.75, 3.05) is 34.3 Å². The molecule has 4 heteroatoms. The Balaban J connectivity index is 0.0000221. The molecular weight excluding hydrogens is 701 g/mol. The lowest BCUT2D eigenvalue weighted by molar-refractivity contribution is -0.870. The van der Waals surface area contributed by atoms with E-state index in [-0.39, 0.29) is 35.9 Å². The first-order valence-electron chi connectivity index (χ1n) is 20.6.